The standard InChI is InChI=1S/C15H17BrN4O.ClH/c1-9(10-3-2-4-11(16)7-10)18-15(21)14-12-8-17-6-5-13(12)19-20-14;/h2-4,7,9,17H,5-6,8H2,1H3,(H,18,21)(H,19,20);1H. The van der Waals surface area contributed by atoms with Crippen molar-refractivity contribution < 1.29 is 4.79 Å². The van der Waals surface area contributed by atoms with Crippen molar-refractivity contribution in [1.29, 1.82) is 0 Å². The van der Waals surface area contributed by atoms with Gasteiger partial charge in [-0.15, -0.1) is 12.4 Å². The summed E-state index contributed by atoms with van der Waals surface area (Å²) >= 11 is 3.45. The maximum atomic E-state index is 12.4. The van der Waals surface area contributed by atoms with Gasteiger partial charge in [-0.05, 0) is 24.6 Å². The zero-order valence-corrected chi connectivity index (χ0v) is 14.6. The summed E-state index contributed by atoms with van der Waals surface area (Å²) in [7, 11) is 0. The largest absolute Gasteiger partial charge is 0.344 e. The molecular formula is C15H18BrClN4O. The summed E-state index contributed by atoms with van der Waals surface area (Å²) in [6.07, 6.45) is 0.886. The Morgan fingerprint density at radius 2 is 2.27 bits per heavy atom. The minimum atomic E-state index is -0.135. The number of H-pyrrole nitrogens is 1. The minimum Gasteiger partial charge on any atom is -0.344 e. The van der Waals surface area contributed by atoms with Crippen LogP contribution < -0.4 is 10.6 Å². The molecule has 0 spiro atoms. The Morgan fingerprint density at radius 1 is 1.45 bits per heavy atom. The lowest BCUT2D eigenvalue weighted by atomic mass is 10.1. The van der Waals surface area contributed by atoms with E-state index in [1.165, 1.54) is 0 Å². The van der Waals surface area contributed by atoms with Crippen molar-refractivity contribution in [2.24, 2.45) is 0 Å². The van der Waals surface area contributed by atoms with Crippen LogP contribution in [-0.2, 0) is 13.0 Å². The van der Waals surface area contributed by atoms with Crippen LogP contribution in [0.15, 0.2) is 28.7 Å². The topological polar surface area (TPSA) is 69.8 Å². The number of hydrogen-bond donors (Lipinski definition) is 3. The third kappa shape index (κ3) is 3.51. The van der Waals surface area contributed by atoms with Crippen LogP contribution in [0.3, 0.4) is 0 Å². The number of carbonyl (C=O) groups is 1. The van der Waals surface area contributed by atoms with Gasteiger partial charge in [-0.25, -0.2) is 0 Å². The quantitative estimate of drug-likeness (QED) is 0.761. The van der Waals surface area contributed by atoms with Crippen molar-refractivity contribution in [2.75, 3.05) is 6.54 Å². The number of aromatic nitrogens is 2. The second-order valence-electron chi connectivity index (χ2n) is 5.21. The van der Waals surface area contributed by atoms with Gasteiger partial charge in [-0.1, -0.05) is 28.1 Å². The molecule has 1 unspecified atom stereocenters. The lowest BCUT2D eigenvalue weighted by Crippen LogP contribution is -2.30. The van der Waals surface area contributed by atoms with E-state index in [2.05, 4.69) is 36.8 Å². The first-order chi connectivity index (χ1) is 10.1. The molecule has 0 saturated carbocycles. The second kappa shape index (κ2) is 7.26. The Morgan fingerprint density at radius 3 is 3.05 bits per heavy atom. The fraction of sp³-hybridized carbons (Fsp3) is 0.333. The molecule has 2 aromatic rings. The summed E-state index contributed by atoms with van der Waals surface area (Å²) in [5.41, 5.74) is 3.61. The van der Waals surface area contributed by atoms with Crippen LogP contribution in [0.1, 0.15) is 40.3 Å². The van der Waals surface area contributed by atoms with E-state index in [0.717, 1.165) is 34.3 Å². The summed E-state index contributed by atoms with van der Waals surface area (Å²) in [5.74, 6) is -0.135. The summed E-state index contributed by atoms with van der Waals surface area (Å²) in [6.45, 7) is 3.58. The number of nitrogens with zero attached hydrogens (tertiary/aromatic N) is 1. The van der Waals surface area contributed by atoms with Crippen molar-refractivity contribution in [2.45, 2.75) is 25.9 Å². The van der Waals surface area contributed by atoms with Gasteiger partial charge in [0.25, 0.3) is 5.91 Å². The van der Waals surface area contributed by atoms with Gasteiger partial charge in [0.15, 0.2) is 5.69 Å². The number of nitrogens with one attached hydrogen (secondary N) is 3. The molecule has 1 amide bonds. The molecule has 118 valence electrons. The van der Waals surface area contributed by atoms with Crippen LogP contribution in [0.4, 0.5) is 0 Å². The molecule has 0 bridgehead atoms. The number of amides is 1. The normalized spacial score (nSPS) is 14.6. The van der Waals surface area contributed by atoms with Gasteiger partial charge in [-0.2, -0.15) is 5.10 Å². The molecule has 22 heavy (non-hydrogen) atoms. The first-order valence-corrected chi connectivity index (χ1v) is 7.77. The van der Waals surface area contributed by atoms with Gasteiger partial charge >= 0.3 is 0 Å². The van der Waals surface area contributed by atoms with E-state index in [1.807, 2.05) is 31.2 Å². The molecule has 0 saturated heterocycles. The fourth-order valence-corrected chi connectivity index (χ4v) is 2.95. The Bertz CT molecular complexity index is 673. The number of rotatable bonds is 3. The van der Waals surface area contributed by atoms with Crippen molar-refractivity contribution in [1.82, 2.24) is 20.8 Å². The highest BCUT2D eigenvalue weighted by Crippen LogP contribution is 2.20. The molecule has 2 heterocycles. The predicted octanol–water partition coefficient (Wildman–Crippen LogP) is 2.73. The molecule has 1 aromatic heterocycles. The first-order valence-electron chi connectivity index (χ1n) is 6.98. The number of hydrogen-bond acceptors (Lipinski definition) is 3. The number of carbonyl (C=O) groups excluding carboxylic acids is 1. The maximum absolute atomic E-state index is 12.4. The van der Waals surface area contributed by atoms with Crippen molar-refractivity contribution in [3.63, 3.8) is 0 Å². The number of halogens is 2. The van der Waals surface area contributed by atoms with E-state index in [-0.39, 0.29) is 24.4 Å². The maximum Gasteiger partial charge on any atom is 0.272 e. The van der Waals surface area contributed by atoms with Crippen molar-refractivity contribution in [3.8, 4) is 0 Å². The lowest BCUT2D eigenvalue weighted by molar-refractivity contribution is 0.0933. The highest BCUT2D eigenvalue weighted by molar-refractivity contribution is 9.10. The lowest BCUT2D eigenvalue weighted by Gasteiger charge is -2.16. The zero-order valence-electron chi connectivity index (χ0n) is 12.1. The number of benzene rings is 1. The Kier molecular flexibility index (Phi) is 5.61. The number of aromatic amines is 1. The van der Waals surface area contributed by atoms with E-state index in [1.54, 1.807) is 0 Å². The van der Waals surface area contributed by atoms with Gasteiger partial charge in [0.05, 0.1) is 6.04 Å². The van der Waals surface area contributed by atoms with Crippen molar-refractivity contribution >= 4 is 34.2 Å². The molecule has 3 N–H and O–H groups in total. The van der Waals surface area contributed by atoms with Crippen LogP contribution in [0.25, 0.3) is 0 Å². The van der Waals surface area contributed by atoms with E-state index in [9.17, 15) is 4.79 Å². The highest BCUT2D eigenvalue weighted by atomic mass is 79.9. The van der Waals surface area contributed by atoms with E-state index < -0.39 is 0 Å². The van der Waals surface area contributed by atoms with Crippen LogP contribution in [0.5, 0.6) is 0 Å². The van der Waals surface area contributed by atoms with Crippen LogP contribution >= 0.6 is 28.3 Å². The van der Waals surface area contributed by atoms with E-state index >= 15 is 0 Å². The summed E-state index contributed by atoms with van der Waals surface area (Å²) < 4.78 is 1.00. The smallest absolute Gasteiger partial charge is 0.272 e. The molecule has 1 aliphatic heterocycles. The Balaban J connectivity index is 0.00000176. The monoisotopic (exact) mass is 384 g/mol. The highest BCUT2D eigenvalue weighted by Gasteiger charge is 2.22. The van der Waals surface area contributed by atoms with Gasteiger partial charge in [0, 0.05) is 35.2 Å². The van der Waals surface area contributed by atoms with Crippen molar-refractivity contribution in [3.05, 3.63) is 51.3 Å². The van der Waals surface area contributed by atoms with E-state index in [0.29, 0.717) is 12.2 Å². The number of fused-ring (bicyclic) bond motifs is 1. The third-order valence-corrected chi connectivity index (χ3v) is 4.21. The fourth-order valence-electron chi connectivity index (χ4n) is 2.54. The predicted molar refractivity (Wildman–Crippen MR) is 91.3 cm³/mol. The minimum absolute atomic E-state index is 0. The van der Waals surface area contributed by atoms with Crippen LogP contribution in [-0.4, -0.2) is 22.6 Å². The summed E-state index contributed by atoms with van der Waals surface area (Å²) in [6, 6.07) is 7.86. The summed E-state index contributed by atoms with van der Waals surface area (Å²) in [5, 5.41) is 13.4. The first kappa shape index (κ1) is 17.0. The molecular weight excluding hydrogens is 368 g/mol. The molecule has 1 aliphatic rings. The molecule has 3 rings (SSSR count). The molecule has 1 aromatic carbocycles. The molecule has 0 fully saturated rings. The molecule has 0 radical (unpaired) electrons. The average molecular weight is 386 g/mol. The van der Waals surface area contributed by atoms with Gasteiger partial charge < -0.3 is 10.6 Å². The third-order valence-electron chi connectivity index (χ3n) is 3.72. The SMILES string of the molecule is CC(NC(=O)c1n[nH]c2c1CNCC2)c1cccc(Br)c1.Cl. The molecule has 1 atom stereocenters. The Labute approximate surface area is 143 Å². The van der Waals surface area contributed by atoms with Gasteiger partial charge in [0.2, 0.25) is 0 Å². The molecule has 7 heteroatoms. The second-order valence-corrected chi connectivity index (χ2v) is 6.12. The molecule has 0 aliphatic carbocycles. The molecule has 5 nitrogen and oxygen atoms in total. The van der Waals surface area contributed by atoms with Gasteiger partial charge in [-0.3, -0.25) is 9.89 Å². The van der Waals surface area contributed by atoms with Crippen LogP contribution in [0.2, 0.25) is 0 Å². The Hall–Kier alpha value is -1.37. The summed E-state index contributed by atoms with van der Waals surface area (Å²) in [4.78, 5) is 12.4. The van der Waals surface area contributed by atoms with Gasteiger partial charge in [0.1, 0.15) is 0 Å². The zero-order chi connectivity index (χ0) is 14.8. The van der Waals surface area contributed by atoms with Crippen LogP contribution in [0, 0.1) is 0 Å². The average Bonchev–Trinajstić information content (AvgIpc) is 2.91. The van der Waals surface area contributed by atoms with E-state index in [4.69, 9.17) is 0 Å².